The van der Waals surface area contributed by atoms with Crippen LogP contribution in [0.5, 0.6) is 0 Å². The van der Waals surface area contributed by atoms with Gasteiger partial charge in [0.15, 0.2) is 5.65 Å². The Hall–Kier alpha value is -1.95. The minimum atomic E-state index is -0.0998. The van der Waals surface area contributed by atoms with Crippen LogP contribution in [0.1, 0.15) is 55.7 Å². The molecule has 0 bridgehead atoms. The van der Waals surface area contributed by atoms with E-state index < -0.39 is 0 Å². The normalized spacial score (nSPS) is 19.4. The summed E-state index contributed by atoms with van der Waals surface area (Å²) in [5.41, 5.74) is 2.14. The van der Waals surface area contributed by atoms with Crippen LogP contribution in [-0.2, 0) is 4.74 Å². The van der Waals surface area contributed by atoms with E-state index in [1.165, 1.54) is 0 Å². The molecule has 0 unspecified atom stereocenters. The zero-order chi connectivity index (χ0) is 16.6. The van der Waals surface area contributed by atoms with Crippen LogP contribution in [0.3, 0.4) is 0 Å². The fourth-order valence-electron chi connectivity index (χ4n) is 3.05. The summed E-state index contributed by atoms with van der Waals surface area (Å²) in [7, 11) is 0. The van der Waals surface area contributed by atoms with Crippen LogP contribution in [-0.4, -0.2) is 39.4 Å². The van der Waals surface area contributed by atoms with Crippen molar-refractivity contribution in [3.63, 3.8) is 0 Å². The predicted molar refractivity (Wildman–Crippen MR) is 88.6 cm³/mol. The molecule has 23 heavy (non-hydrogen) atoms. The lowest BCUT2D eigenvalue weighted by molar-refractivity contribution is 0.0712. The van der Waals surface area contributed by atoms with Crippen molar-refractivity contribution in [1.29, 1.82) is 0 Å². The first kappa shape index (κ1) is 15.9. The molecule has 0 saturated carbocycles. The lowest BCUT2D eigenvalue weighted by Crippen LogP contribution is -2.41. The molecule has 2 aromatic heterocycles. The molecule has 0 spiro atoms. The third-order valence-corrected chi connectivity index (χ3v) is 4.37. The monoisotopic (exact) mass is 316 g/mol. The summed E-state index contributed by atoms with van der Waals surface area (Å²) in [5.74, 6) is -0.0998. The molecule has 124 valence electrons. The molecule has 2 atom stereocenters. The molecule has 1 fully saturated rings. The molecule has 0 aromatic carbocycles. The number of nitrogens with zero attached hydrogens (tertiary/aromatic N) is 3. The van der Waals surface area contributed by atoms with Crippen LogP contribution < -0.4 is 5.32 Å². The number of fused-ring (bicyclic) bond motifs is 1. The molecule has 2 aromatic rings. The lowest BCUT2D eigenvalue weighted by atomic mass is 10.1. The molecule has 1 saturated heterocycles. The Morgan fingerprint density at radius 2 is 2.22 bits per heavy atom. The van der Waals surface area contributed by atoms with Crippen LogP contribution in [0.25, 0.3) is 11.0 Å². The highest BCUT2D eigenvalue weighted by Crippen LogP contribution is 2.20. The number of amides is 1. The van der Waals surface area contributed by atoms with E-state index >= 15 is 0 Å². The quantitative estimate of drug-likeness (QED) is 0.941. The Bertz CT molecular complexity index is 717. The van der Waals surface area contributed by atoms with Gasteiger partial charge in [0, 0.05) is 18.0 Å². The predicted octanol–water partition coefficient (Wildman–Crippen LogP) is 2.62. The average molecular weight is 316 g/mol. The van der Waals surface area contributed by atoms with Gasteiger partial charge in [0.1, 0.15) is 0 Å². The molecule has 3 heterocycles. The van der Waals surface area contributed by atoms with Crippen molar-refractivity contribution < 1.29 is 9.53 Å². The second kappa shape index (κ2) is 6.28. The van der Waals surface area contributed by atoms with E-state index in [1.54, 1.807) is 6.20 Å². The maximum atomic E-state index is 12.6. The van der Waals surface area contributed by atoms with E-state index in [4.69, 9.17) is 4.74 Å². The molecule has 1 amide bonds. The maximum Gasteiger partial charge on any atom is 0.253 e. The molecule has 6 nitrogen and oxygen atoms in total. The van der Waals surface area contributed by atoms with Gasteiger partial charge in [0.2, 0.25) is 0 Å². The number of rotatable bonds is 4. The van der Waals surface area contributed by atoms with Gasteiger partial charge < -0.3 is 10.1 Å². The first-order valence-electron chi connectivity index (χ1n) is 8.24. The first-order chi connectivity index (χ1) is 11.0. The van der Waals surface area contributed by atoms with Gasteiger partial charge in [-0.1, -0.05) is 0 Å². The van der Waals surface area contributed by atoms with E-state index in [-0.39, 0.29) is 24.1 Å². The summed E-state index contributed by atoms with van der Waals surface area (Å²) in [6, 6.07) is 2.11. The van der Waals surface area contributed by atoms with Crippen molar-refractivity contribution in [2.24, 2.45) is 0 Å². The molecule has 1 N–H and O–H groups in total. The third kappa shape index (κ3) is 3.08. The molecule has 1 aliphatic heterocycles. The van der Waals surface area contributed by atoms with Gasteiger partial charge in [-0.05, 0) is 46.6 Å². The van der Waals surface area contributed by atoms with Gasteiger partial charge in [-0.3, -0.25) is 4.79 Å². The second-order valence-electron chi connectivity index (χ2n) is 6.53. The van der Waals surface area contributed by atoms with Crippen molar-refractivity contribution in [2.45, 2.75) is 58.7 Å². The van der Waals surface area contributed by atoms with E-state index in [2.05, 4.69) is 29.2 Å². The first-order valence-corrected chi connectivity index (χ1v) is 8.24. The van der Waals surface area contributed by atoms with E-state index in [9.17, 15) is 4.79 Å². The number of aromatic nitrogens is 3. The van der Waals surface area contributed by atoms with Crippen molar-refractivity contribution in [1.82, 2.24) is 20.1 Å². The SMILES string of the molecule is Cc1nc2c(cnn2C(C)C)cc1C(=O)N[C@H](C)[C@@H]1CCCO1. The Labute approximate surface area is 136 Å². The largest absolute Gasteiger partial charge is 0.376 e. The topological polar surface area (TPSA) is 69.0 Å². The summed E-state index contributed by atoms with van der Waals surface area (Å²) in [5, 5.41) is 8.29. The summed E-state index contributed by atoms with van der Waals surface area (Å²) in [6.07, 6.45) is 3.94. The van der Waals surface area contributed by atoms with Crippen LogP contribution in [0, 0.1) is 6.92 Å². The van der Waals surface area contributed by atoms with Crippen LogP contribution >= 0.6 is 0 Å². The average Bonchev–Trinajstić information content (AvgIpc) is 3.15. The number of aryl methyl sites for hydroxylation is 1. The zero-order valence-corrected chi connectivity index (χ0v) is 14.2. The molecule has 1 aliphatic rings. The van der Waals surface area contributed by atoms with Gasteiger partial charge >= 0.3 is 0 Å². The van der Waals surface area contributed by atoms with Gasteiger partial charge in [0.05, 0.1) is 29.6 Å². The number of carbonyl (C=O) groups excluding carboxylic acids is 1. The van der Waals surface area contributed by atoms with E-state index in [1.807, 2.05) is 24.6 Å². The van der Waals surface area contributed by atoms with Crippen molar-refractivity contribution >= 4 is 16.9 Å². The smallest absolute Gasteiger partial charge is 0.253 e. The fourth-order valence-corrected chi connectivity index (χ4v) is 3.05. The standard InChI is InChI=1S/C17H24N4O2/c1-10(2)21-16-13(9-18-21)8-14(11(3)19-16)17(22)20-12(4)15-6-5-7-23-15/h8-10,12,15H,5-7H2,1-4H3,(H,20,22)/t12-,15+/m1/s1. The fraction of sp³-hybridized carbons (Fsp3) is 0.588. The van der Waals surface area contributed by atoms with E-state index in [0.717, 1.165) is 36.2 Å². The molecule has 0 aliphatic carbocycles. The molecule has 6 heteroatoms. The zero-order valence-electron chi connectivity index (χ0n) is 14.2. The minimum Gasteiger partial charge on any atom is -0.376 e. The van der Waals surface area contributed by atoms with Crippen molar-refractivity contribution in [3.05, 3.63) is 23.5 Å². The highest BCUT2D eigenvalue weighted by molar-refractivity contribution is 5.98. The minimum absolute atomic E-state index is 0.00140. The van der Waals surface area contributed by atoms with Crippen molar-refractivity contribution in [3.8, 4) is 0 Å². The third-order valence-electron chi connectivity index (χ3n) is 4.37. The number of ether oxygens (including phenoxy) is 1. The van der Waals surface area contributed by atoms with Crippen LogP contribution in [0.15, 0.2) is 12.3 Å². The van der Waals surface area contributed by atoms with Gasteiger partial charge in [0.25, 0.3) is 5.91 Å². The number of hydrogen-bond donors (Lipinski definition) is 1. The van der Waals surface area contributed by atoms with Gasteiger partial charge in [-0.25, -0.2) is 9.67 Å². The van der Waals surface area contributed by atoms with Gasteiger partial charge in [-0.2, -0.15) is 5.10 Å². The number of carbonyl (C=O) groups is 1. The van der Waals surface area contributed by atoms with Crippen LogP contribution in [0.2, 0.25) is 0 Å². The summed E-state index contributed by atoms with van der Waals surface area (Å²) in [4.78, 5) is 17.2. The summed E-state index contributed by atoms with van der Waals surface area (Å²) in [6.45, 7) is 8.77. The van der Waals surface area contributed by atoms with Gasteiger partial charge in [-0.15, -0.1) is 0 Å². The number of pyridine rings is 1. The van der Waals surface area contributed by atoms with E-state index in [0.29, 0.717) is 5.56 Å². The number of hydrogen-bond acceptors (Lipinski definition) is 4. The highest BCUT2D eigenvalue weighted by atomic mass is 16.5. The lowest BCUT2D eigenvalue weighted by Gasteiger charge is -2.20. The maximum absolute atomic E-state index is 12.6. The summed E-state index contributed by atoms with van der Waals surface area (Å²) >= 11 is 0. The number of nitrogens with one attached hydrogen (secondary N) is 1. The Morgan fingerprint density at radius 1 is 1.43 bits per heavy atom. The Balaban J connectivity index is 1.84. The van der Waals surface area contributed by atoms with Crippen molar-refractivity contribution in [2.75, 3.05) is 6.61 Å². The summed E-state index contributed by atoms with van der Waals surface area (Å²) < 4.78 is 7.51. The molecular formula is C17H24N4O2. The van der Waals surface area contributed by atoms with Crippen LogP contribution in [0.4, 0.5) is 0 Å². The molecular weight excluding hydrogens is 292 g/mol. The highest BCUT2D eigenvalue weighted by Gasteiger charge is 2.25. The second-order valence-corrected chi connectivity index (χ2v) is 6.53. The molecule has 0 radical (unpaired) electrons. The molecule has 3 rings (SSSR count). The Morgan fingerprint density at radius 3 is 2.87 bits per heavy atom. The Kier molecular flexibility index (Phi) is 4.35.